The number of carbonyl (C=O) groups excluding carboxylic acids is 1. The molecule has 6 nitrogen and oxygen atoms in total. The first kappa shape index (κ1) is 23.6. The molecular formula is C20H35N3O3S. The molecule has 0 fully saturated rings. The summed E-state index contributed by atoms with van der Waals surface area (Å²) in [5.74, 6) is -0.152. The molecule has 0 radical (unpaired) electrons. The second kappa shape index (κ2) is 10.2. The Bertz CT molecular complexity index is 692. The lowest BCUT2D eigenvalue weighted by atomic mass is 9.87. The molecule has 27 heavy (non-hydrogen) atoms. The van der Waals surface area contributed by atoms with Gasteiger partial charge in [0.2, 0.25) is 15.9 Å². The Balaban J connectivity index is 2.45. The molecule has 154 valence electrons. The van der Waals surface area contributed by atoms with Gasteiger partial charge >= 0.3 is 0 Å². The molecule has 1 aromatic carbocycles. The summed E-state index contributed by atoms with van der Waals surface area (Å²) in [6.07, 6.45) is 0.118. The topological polar surface area (TPSA) is 78.5 Å². The van der Waals surface area contributed by atoms with Crippen molar-refractivity contribution in [3.8, 4) is 0 Å². The molecule has 0 spiro atoms. The van der Waals surface area contributed by atoms with Gasteiger partial charge in [-0.25, -0.2) is 13.1 Å². The number of hydrogen-bond donors (Lipinski definition) is 2. The number of carbonyl (C=O) groups is 1. The van der Waals surface area contributed by atoms with Crippen LogP contribution in [0, 0.1) is 0 Å². The van der Waals surface area contributed by atoms with Crippen LogP contribution < -0.4 is 10.0 Å². The Morgan fingerprint density at radius 1 is 1.11 bits per heavy atom. The van der Waals surface area contributed by atoms with Crippen LogP contribution in [0.4, 0.5) is 0 Å². The van der Waals surface area contributed by atoms with Gasteiger partial charge in [0.25, 0.3) is 0 Å². The van der Waals surface area contributed by atoms with Gasteiger partial charge in [-0.05, 0) is 43.5 Å². The van der Waals surface area contributed by atoms with E-state index in [1.165, 1.54) is 0 Å². The van der Waals surface area contributed by atoms with E-state index >= 15 is 0 Å². The summed E-state index contributed by atoms with van der Waals surface area (Å²) in [6.45, 7) is 14.9. The first-order valence-corrected chi connectivity index (χ1v) is 11.1. The SMILES string of the molecule is CCN(CCNC(=O)CCNS(=O)(=O)c1ccc(C(C)(C)C)cc1)C(C)C. The summed E-state index contributed by atoms with van der Waals surface area (Å²) >= 11 is 0. The van der Waals surface area contributed by atoms with Gasteiger partial charge in [-0.1, -0.05) is 39.8 Å². The van der Waals surface area contributed by atoms with Crippen molar-refractivity contribution < 1.29 is 13.2 Å². The molecule has 0 heterocycles. The van der Waals surface area contributed by atoms with Crippen molar-refractivity contribution in [1.82, 2.24) is 14.9 Å². The van der Waals surface area contributed by atoms with Gasteiger partial charge in [0.15, 0.2) is 0 Å². The molecule has 1 rings (SSSR count). The lowest BCUT2D eigenvalue weighted by molar-refractivity contribution is -0.121. The average Bonchev–Trinajstić information content (AvgIpc) is 2.57. The Labute approximate surface area is 164 Å². The van der Waals surface area contributed by atoms with Gasteiger partial charge in [-0.3, -0.25) is 9.69 Å². The number of amides is 1. The van der Waals surface area contributed by atoms with Crippen LogP contribution in [0.1, 0.15) is 53.5 Å². The molecular weight excluding hydrogens is 362 g/mol. The molecule has 2 N–H and O–H groups in total. The van der Waals surface area contributed by atoms with E-state index in [9.17, 15) is 13.2 Å². The van der Waals surface area contributed by atoms with E-state index < -0.39 is 10.0 Å². The van der Waals surface area contributed by atoms with Gasteiger partial charge in [-0.2, -0.15) is 0 Å². The predicted octanol–water partition coefficient (Wildman–Crippen LogP) is 2.50. The van der Waals surface area contributed by atoms with Gasteiger partial charge in [0.05, 0.1) is 4.90 Å². The van der Waals surface area contributed by atoms with Crippen molar-refractivity contribution >= 4 is 15.9 Å². The first-order chi connectivity index (χ1) is 12.5. The van der Waals surface area contributed by atoms with Gasteiger partial charge < -0.3 is 5.32 Å². The lowest BCUT2D eigenvalue weighted by Gasteiger charge is -2.24. The predicted molar refractivity (Wildman–Crippen MR) is 110 cm³/mol. The van der Waals surface area contributed by atoms with Crippen LogP contribution in [0.3, 0.4) is 0 Å². The number of rotatable bonds is 10. The zero-order valence-corrected chi connectivity index (χ0v) is 18.3. The third kappa shape index (κ3) is 7.99. The van der Waals surface area contributed by atoms with E-state index in [2.05, 4.69) is 56.5 Å². The zero-order chi connectivity index (χ0) is 20.7. The highest BCUT2D eigenvalue weighted by atomic mass is 32.2. The highest BCUT2D eigenvalue weighted by molar-refractivity contribution is 7.89. The zero-order valence-electron chi connectivity index (χ0n) is 17.5. The quantitative estimate of drug-likeness (QED) is 0.636. The number of benzene rings is 1. The maximum atomic E-state index is 12.3. The third-order valence-corrected chi connectivity index (χ3v) is 6.01. The van der Waals surface area contributed by atoms with Crippen molar-refractivity contribution in [2.24, 2.45) is 0 Å². The lowest BCUT2D eigenvalue weighted by Crippen LogP contribution is -2.39. The molecule has 0 atom stereocenters. The molecule has 1 aromatic rings. The second-order valence-electron chi connectivity index (χ2n) is 7.99. The van der Waals surface area contributed by atoms with Crippen LogP contribution in [0.2, 0.25) is 0 Å². The van der Waals surface area contributed by atoms with E-state index in [1.54, 1.807) is 12.1 Å². The van der Waals surface area contributed by atoms with Crippen LogP contribution >= 0.6 is 0 Å². The van der Waals surface area contributed by atoms with Crippen LogP contribution in [0.5, 0.6) is 0 Å². The van der Waals surface area contributed by atoms with Gasteiger partial charge in [0.1, 0.15) is 0 Å². The van der Waals surface area contributed by atoms with Crippen LogP contribution in [0.25, 0.3) is 0 Å². The highest BCUT2D eigenvalue weighted by Gasteiger charge is 2.17. The van der Waals surface area contributed by atoms with Crippen molar-refractivity contribution in [1.29, 1.82) is 0 Å². The van der Waals surface area contributed by atoms with Crippen molar-refractivity contribution in [2.45, 2.75) is 64.3 Å². The fraction of sp³-hybridized carbons (Fsp3) is 0.650. The normalized spacial score (nSPS) is 12.6. The minimum Gasteiger partial charge on any atom is -0.355 e. The number of hydrogen-bond acceptors (Lipinski definition) is 4. The molecule has 0 saturated carbocycles. The van der Waals surface area contributed by atoms with Crippen LogP contribution in [-0.4, -0.2) is 51.4 Å². The van der Waals surface area contributed by atoms with E-state index in [4.69, 9.17) is 0 Å². The van der Waals surface area contributed by atoms with Gasteiger partial charge in [0, 0.05) is 32.1 Å². The monoisotopic (exact) mass is 397 g/mol. The largest absolute Gasteiger partial charge is 0.355 e. The Morgan fingerprint density at radius 3 is 2.19 bits per heavy atom. The molecule has 0 aliphatic heterocycles. The Kier molecular flexibility index (Phi) is 8.91. The first-order valence-electron chi connectivity index (χ1n) is 9.58. The smallest absolute Gasteiger partial charge is 0.240 e. The number of likely N-dealkylation sites (N-methyl/N-ethyl adjacent to an activating group) is 1. The van der Waals surface area contributed by atoms with Gasteiger partial charge in [-0.15, -0.1) is 0 Å². The maximum absolute atomic E-state index is 12.3. The minimum atomic E-state index is -3.61. The molecule has 7 heteroatoms. The van der Waals surface area contributed by atoms with E-state index in [1.807, 2.05) is 12.1 Å². The fourth-order valence-corrected chi connectivity index (χ4v) is 3.76. The second-order valence-corrected chi connectivity index (χ2v) is 9.76. The summed E-state index contributed by atoms with van der Waals surface area (Å²) in [5.41, 5.74) is 1.04. The fourth-order valence-electron chi connectivity index (χ4n) is 2.73. The van der Waals surface area contributed by atoms with Crippen LogP contribution in [-0.2, 0) is 20.2 Å². The Morgan fingerprint density at radius 2 is 1.70 bits per heavy atom. The molecule has 0 bridgehead atoms. The molecule has 0 aromatic heterocycles. The molecule has 0 saturated heterocycles. The van der Waals surface area contributed by atoms with Crippen molar-refractivity contribution in [2.75, 3.05) is 26.2 Å². The highest BCUT2D eigenvalue weighted by Crippen LogP contribution is 2.23. The average molecular weight is 398 g/mol. The standard InChI is InChI=1S/C20H35N3O3S/c1-7-23(16(2)3)15-14-21-19(24)12-13-22-27(25,26)18-10-8-17(9-11-18)20(4,5)6/h8-11,16,22H,7,12-15H2,1-6H3,(H,21,24). The van der Waals surface area contributed by atoms with E-state index in [0.29, 0.717) is 12.6 Å². The van der Waals surface area contributed by atoms with Crippen LogP contribution in [0.15, 0.2) is 29.2 Å². The number of nitrogens with one attached hydrogen (secondary N) is 2. The molecule has 1 amide bonds. The van der Waals surface area contributed by atoms with Crippen molar-refractivity contribution in [3.63, 3.8) is 0 Å². The Hall–Kier alpha value is -1.44. The summed E-state index contributed by atoms with van der Waals surface area (Å²) in [6, 6.07) is 7.30. The minimum absolute atomic E-state index is 0.0310. The van der Waals surface area contributed by atoms with Crippen molar-refractivity contribution in [3.05, 3.63) is 29.8 Å². The summed E-state index contributed by atoms with van der Waals surface area (Å²) in [4.78, 5) is 14.4. The van der Waals surface area contributed by atoms with E-state index in [-0.39, 0.29) is 29.2 Å². The molecule has 0 aliphatic rings. The number of nitrogens with zero attached hydrogens (tertiary/aromatic N) is 1. The summed E-state index contributed by atoms with van der Waals surface area (Å²) in [7, 11) is -3.61. The summed E-state index contributed by atoms with van der Waals surface area (Å²) in [5, 5.41) is 2.84. The molecule has 0 unspecified atom stereocenters. The third-order valence-electron chi connectivity index (χ3n) is 4.53. The van der Waals surface area contributed by atoms with E-state index in [0.717, 1.165) is 18.7 Å². The molecule has 0 aliphatic carbocycles. The maximum Gasteiger partial charge on any atom is 0.240 e. The number of sulfonamides is 1. The summed E-state index contributed by atoms with van der Waals surface area (Å²) < 4.78 is 27.2.